The van der Waals surface area contributed by atoms with Crippen molar-refractivity contribution in [3.63, 3.8) is 0 Å². The van der Waals surface area contributed by atoms with Crippen LogP contribution in [0.5, 0.6) is 5.75 Å². The number of benzene rings is 2. The molecule has 0 heterocycles. The lowest BCUT2D eigenvalue weighted by Crippen LogP contribution is -2.36. The first-order valence-electron chi connectivity index (χ1n) is 8.56. The third kappa shape index (κ3) is 5.55. The Labute approximate surface area is 168 Å². The highest BCUT2D eigenvalue weighted by atomic mass is 32.2. The smallest absolute Gasteiger partial charge is 0.326 e. The van der Waals surface area contributed by atoms with E-state index in [9.17, 15) is 23.3 Å². The van der Waals surface area contributed by atoms with Crippen LogP contribution >= 0.6 is 0 Å². The van der Waals surface area contributed by atoms with Crippen molar-refractivity contribution >= 4 is 27.4 Å². The van der Waals surface area contributed by atoms with Crippen LogP contribution in [0.25, 0.3) is 0 Å². The van der Waals surface area contributed by atoms with Crippen molar-refractivity contribution in [3.05, 3.63) is 71.3 Å². The number of anilines is 1. The fraction of sp³-hybridized carbons (Fsp3) is 0.211. The summed E-state index contributed by atoms with van der Waals surface area (Å²) in [4.78, 5) is 22.1. The lowest BCUT2D eigenvalue weighted by atomic mass is 10.3. The van der Waals surface area contributed by atoms with Crippen LogP contribution in [-0.2, 0) is 19.6 Å². The Hall–Kier alpha value is -3.40. The van der Waals surface area contributed by atoms with E-state index in [-0.39, 0.29) is 29.5 Å². The molecule has 0 saturated carbocycles. The Morgan fingerprint density at radius 3 is 2.62 bits per heavy atom. The first-order valence-corrected chi connectivity index (χ1v) is 10.00. The maximum Gasteiger partial charge on any atom is 0.326 e. The van der Waals surface area contributed by atoms with E-state index in [4.69, 9.17) is 9.47 Å². The average Bonchev–Trinajstić information content (AvgIpc) is 2.71. The molecule has 0 fully saturated rings. The predicted octanol–water partition coefficient (Wildman–Crippen LogP) is 2.92. The second-order valence-corrected chi connectivity index (χ2v) is 7.53. The minimum absolute atomic E-state index is 0.0754. The zero-order chi connectivity index (χ0) is 21.4. The molecule has 0 atom stereocenters. The number of nitro groups is 1. The quantitative estimate of drug-likeness (QED) is 0.251. The lowest BCUT2D eigenvalue weighted by molar-refractivity contribution is -0.385. The molecule has 154 valence electrons. The molecule has 0 aliphatic rings. The zero-order valence-corrected chi connectivity index (χ0v) is 16.5. The van der Waals surface area contributed by atoms with Crippen LogP contribution in [0.1, 0.15) is 6.92 Å². The number of nitro benzene ring substituents is 1. The molecule has 2 rings (SSSR count). The Kier molecular flexibility index (Phi) is 7.32. The SMILES string of the molecule is C=CCOc1cccc(N(CC(=O)OCC)S(=O)(=O)c2cccc([N+](=O)[O-])c2)c1. The van der Waals surface area contributed by atoms with Crippen LogP contribution in [0.2, 0.25) is 0 Å². The second kappa shape index (κ2) is 9.69. The molecule has 0 N–H and O–H groups in total. The molecule has 0 unspecified atom stereocenters. The summed E-state index contributed by atoms with van der Waals surface area (Å²) in [6.45, 7) is 4.82. The molecule has 2 aromatic rings. The van der Waals surface area contributed by atoms with E-state index in [0.717, 1.165) is 10.4 Å². The number of nitrogens with zero attached hydrogens (tertiary/aromatic N) is 2. The number of ether oxygens (including phenoxy) is 2. The Balaban J connectivity index is 2.52. The third-order valence-corrected chi connectivity index (χ3v) is 5.44. The summed E-state index contributed by atoms with van der Waals surface area (Å²) in [6.07, 6.45) is 1.53. The van der Waals surface area contributed by atoms with Gasteiger partial charge in [-0.2, -0.15) is 0 Å². The number of carbonyl (C=O) groups excluding carboxylic acids is 1. The molecular weight excluding hydrogens is 400 g/mol. The number of rotatable bonds is 10. The Bertz CT molecular complexity index is 1010. The summed E-state index contributed by atoms with van der Waals surface area (Å²) in [6, 6.07) is 10.7. The fourth-order valence-electron chi connectivity index (χ4n) is 2.41. The van der Waals surface area contributed by atoms with Crippen LogP contribution in [0.3, 0.4) is 0 Å². The van der Waals surface area contributed by atoms with Crippen LogP contribution in [0.15, 0.2) is 66.1 Å². The van der Waals surface area contributed by atoms with Crippen molar-refractivity contribution in [1.82, 2.24) is 0 Å². The number of hydrogen-bond acceptors (Lipinski definition) is 7. The van der Waals surface area contributed by atoms with E-state index in [1.165, 1.54) is 36.4 Å². The summed E-state index contributed by atoms with van der Waals surface area (Å²) >= 11 is 0. The molecule has 0 aromatic heterocycles. The van der Waals surface area contributed by atoms with E-state index in [1.54, 1.807) is 19.1 Å². The van der Waals surface area contributed by atoms with Gasteiger partial charge in [-0.25, -0.2) is 8.42 Å². The van der Waals surface area contributed by atoms with Gasteiger partial charge in [0.25, 0.3) is 15.7 Å². The van der Waals surface area contributed by atoms with Crippen LogP contribution in [0.4, 0.5) is 11.4 Å². The minimum Gasteiger partial charge on any atom is -0.489 e. The van der Waals surface area contributed by atoms with E-state index in [1.807, 2.05) is 0 Å². The van der Waals surface area contributed by atoms with E-state index >= 15 is 0 Å². The number of esters is 1. The molecular formula is C19H20N2O7S. The fourth-order valence-corrected chi connectivity index (χ4v) is 3.85. The van der Waals surface area contributed by atoms with Crippen molar-refractivity contribution < 1.29 is 27.6 Å². The molecule has 0 aliphatic carbocycles. The first-order chi connectivity index (χ1) is 13.8. The standard InChI is InChI=1S/C19H20N2O7S/c1-3-11-28-17-9-5-7-15(12-17)20(14-19(22)27-4-2)29(25,26)18-10-6-8-16(13-18)21(23)24/h3,5-10,12-13H,1,4,11,14H2,2H3. The molecule has 9 nitrogen and oxygen atoms in total. The largest absolute Gasteiger partial charge is 0.489 e. The number of carbonyl (C=O) groups is 1. The molecule has 0 bridgehead atoms. The Morgan fingerprint density at radius 2 is 1.97 bits per heavy atom. The summed E-state index contributed by atoms with van der Waals surface area (Å²) < 4.78 is 37.6. The van der Waals surface area contributed by atoms with Gasteiger partial charge in [0.2, 0.25) is 0 Å². The van der Waals surface area contributed by atoms with Gasteiger partial charge >= 0.3 is 5.97 Å². The van der Waals surface area contributed by atoms with E-state index in [0.29, 0.717) is 5.75 Å². The van der Waals surface area contributed by atoms with Gasteiger partial charge in [-0.1, -0.05) is 24.8 Å². The van der Waals surface area contributed by atoms with Crippen molar-refractivity contribution in [2.24, 2.45) is 0 Å². The van der Waals surface area contributed by atoms with Gasteiger partial charge in [-0.15, -0.1) is 0 Å². The van der Waals surface area contributed by atoms with Crippen LogP contribution in [-0.4, -0.2) is 39.1 Å². The maximum atomic E-state index is 13.2. The molecule has 0 amide bonds. The van der Waals surface area contributed by atoms with Gasteiger partial charge < -0.3 is 9.47 Å². The van der Waals surface area contributed by atoms with Crippen LogP contribution in [0, 0.1) is 10.1 Å². The highest BCUT2D eigenvalue weighted by molar-refractivity contribution is 7.92. The highest BCUT2D eigenvalue weighted by Crippen LogP contribution is 2.28. The molecule has 29 heavy (non-hydrogen) atoms. The van der Waals surface area contributed by atoms with Crippen molar-refractivity contribution in [2.45, 2.75) is 11.8 Å². The lowest BCUT2D eigenvalue weighted by Gasteiger charge is -2.24. The van der Waals surface area contributed by atoms with Crippen molar-refractivity contribution in [1.29, 1.82) is 0 Å². The van der Waals surface area contributed by atoms with E-state index in [2.05, 4.69) is 6.58 Å². The maximum absolute atomic E-state index is 13.2. The van der Waals surface area contributed by atoms with Crippen molar-refractivity contribution in [3.8, 4) is 5.75 Å². The zero-order valence-electron chi connectivity index (χ0n) is 15.7. The molecule has 0 saturated heterocycles. The highest BCUT2D eigenvalue weighted by Gasteiger charge is 2.29. The molecule has 0 radical (unpaired) electrons. The van der Waals surface area contributed by atoms with Gasteiger partial charge in [-0.05, 0) is 25.1 Å². The van der Waals surface area contributed by atoms with Gasteiger partial charge in [0.1, 0.15) is 18.9 Å². The summed E-state index contributed by atoms with van der Waals surface area (Å²) in [5.41, 5.74) is -0.239. The number of hydrogen-bond donors (Lipinski definition) is 0. The van der Waals surface area contributed by atoms with Gasteiger partial charge in [0.15, 0.2) is 0 Å². The molecule has 0 spiro atoms. The van der Waals surface area contributed by atoms with Gasteiger partial charge in [-0.3, -0.25) is 19.2 Å². The normalized spacial score (nSPS) is 10.8. The monoisotopic (exact) mass is 420 g/mol. The van der Waals surface area contributed by atoms with Crippen LogP contribution < -0.4 is 9.04 Å². The first kappa shape index (κ1) is 21.9. The van der Waals surface area contributed by atoms with Crippen molar-refractivity contribution in [2.75, 3.05) is 24.1 Å². The van der Waals surface area contributed by atoms with Gasteiger partial charge in [0.05, 0.1) is 22.1 Å². The molecule has 10 heteroatoms. The topological polar surface area (TPSA) is 116 Å². The molecule has 0 aliphatic heterocycles. The number of non-ortho nitro benzene ring substituents is 1. The predicted molar refractivity (Wildman–Crippen MR) is 106 cm³/mol. The Morgan fingerprint density at radius 1 is 1.24 bits per heavy atom. The molecule has 2 aromatic carbocycles. The average molecular weight is 420 g/mol. The minimum atomic E-state index is -4.31. The third-order valence-electron chi connectivity index (χ3n) is 3.67. The van der Waals surface area contributed by atoms with E-state index < -0.39 is 27.5 Å². The number of sulfonamides is 1. The summed E-state index contributed by atoms with van der Waals surface area (Å²) in [5.74, 6) is -0.399. The second-order valence-electron chi connectivity index (χ2n) is 5.67. The van der Waals surface area contributed by atoms with Gasteiger partial charge in [0, 0.05) is 18.2 Å². The summed E-state index contributed by atoms with van der Waals surface area (Å²) in [5, 5.41) is 11.0. The summed E-state index contributed by atoms with van der Waals surface area (Å²) in [7, 11) is -4.31.